The molecule has 18 heavy (non-hydrogen) atoms. The summed E-state index contributed by atoms with van der Waals surface area (Å²) in [6.45, 7) is 1.45. The van der Waals surface area contributed by atoms with Gasteiger partial charge in [-0.25, -0.2) is 0 Å². The van der Waals surface area contributed by atoms with Gasteiger partial charge in [0.25, 0.3) is 0 Å². The molecule has 98 valence electrons. The molecule has 3 nitrogen and oxygen atoms in total. The molecular formula is C13H15BrClNO2. The van der Waals surface area contributed by atoms with Crippen molar-refractivity contribution >= 4 is 33.5 Å². The molecule has 1 fully saturated rings. The van der Waals surface area contributed by atoms with E-state index in [1.165, 1.54) is 0 Å². The Morgan fingerprint density at radius 3 is 3.00 bits per heavy atom. The zero-order valence-corrected chi connectivity index (χ0v) is 12.2. The van der Waals surface area contributed by atoms with E-state index in [0.29, 0.717) is 11.6 Å². The van der Waals surface area contributed by atoms with Gasteiger partial charge in [0.1, 0.15) is 6.04 Å². The number of carboxylic acid groups (broad SMARTS) is 1. The first-order valence-electron chi connectivity index (χ1n) is 5.98. The quantitative estimate of drug-likeness (QED) is 0.920. The van der Waals surface area contributed by atoms with Crippen molar-refractivity contribution < 1.29 is 9.90 Å². The number of likely N-dealkylation sites (tertiary alicyclic amines) is 1. The van der Waals surface area contributed by atoms with Crippen molar-refractivity contribution in [1.82, 2.24) is 4.90 Å². The van der Waals surface area contributed by atoms with Crippen molar-refractivity contribution in [3.63, 3.8) is 0 Å². The van der Waals surface area contributed by atoms with Crippen LogP contribution < -0.4 is 0 Å². The Bertz CT molecular complexity index is 453. The van der Waals surface area contributed by atoms with Gasteiger partial charge >= 0.3 is 5.97 Å². The number of hydrogen-bond acceptors (Lipinski definition) is 2. The van der Waals surface area contributed by atoms with E-state index in [-0.39, 0.29) is 6.04 Å². The van der Waals surface area contributed by atoms with Crippen LogP contribution in [0.4, 0.5) is 0 Å². The Labute approximate surface area is 120 Å². The van der Waals surface area contributed by atoms with Gasteiger partial charge < -0.3 is 5.11 Å². The zero-order chi connectivity index (χ0) is 13.1. The highest BCUT2D eigenvalue weighted by molar-refractivity contribution is 9.10. The molecule has 1 saturated heterocycles. The van der Waals surface area contributed by atoms with E-state index in [2.05, 4.69) is 15.9 Å². The zero-order valence-electron chi connectivity index (χ0n) is 9.90. The number of piperidine rings is 1. The van der Waals surface area contributed by atoms with Gasteiger partial charge in [0.05, 0.1) is 0 Å². The first-order chi connectivity index (χ1) is 8.58. The molecule has 0 amide bonds. The average Bonchev–Trinajstić information content (AvgIpc) is 2.34. The van der Waals surface area contributed by atoms with Crippen LogP contribution in [0.15, 0.2) is 22.7 Å². The van der Waals surface area contributed by atoms with E-state index in [9.17, 15) is 9.90 Å². The van der Waals surface area contributed by atoms with Crippen molar-refractivity contribution in [3.8, 4) is 0 Å². The maximum absolute atomic E-state index is 11.2. The molecule has 5 heteroatoms. The van der Waals surface area contributed by atoms with E-state index in [4.69, 9.17) is 11.6 Å². The second-order valence-corrected chi connectivity index (χ2v) is 5.85. The third-order valence-electron chi connectivity index (χ3n) is 3.28. The maximum Gasteiger partial charge on any atom is 0.320 e. The molecular weight excluding hydrogens is 318 g/mol. The normalized spacial score (nSPS) is 20.9. The minimum absolute atomic E-state index is 0.371. The fraction of sp³-hybridized carbons (Fsp3) is 0.462. The summed E-state index contributed by atoms with van der Waals surface area (Å²) in [5.41, 5.74) is 1.04. The number of aliphatic carboxylic acids is 1. The first kappa shape index (κ1) is 13.8. The number of carboxylic acids is 1. The number of carbonyl (C=O) groups is 1. The summed E-state index contributed by atoms with van der Waals surface area (Å²) >= 11 is 9.46. The monoisotopic (exact) mass is 331 g/mol. The molecule has 1 aromatic carbocycles. The number of benzene rings is 1. The summed E-state index contributed by atoms with van der Waals surface area (Å²) in [4.78, 5) is 13.2. The van der Waals surface area contributed by atoms with Gasteiger partial charge in [-0.15, -0.1) is 0 Å². The van der Waals surface area contributed by atoms with E-state index >= 15 is 0 Å². The van der Waals surface area contributed by atoms with Crippen molar-refractivity contribution in [1.29, 1.82) is 0 Å². The average molecular weight is 333 g/mol. The van der Waals surface area contributed by atoms with Crippen LogP contribution in [0.3, 0.4) is 0 Å². The predicted octanol–water partition coefficient (Wildman–Crippen LogP) is 3.54. The van der Waals surface area contributed by atoms with Crippen LogP contribution in [0.2, 0.25) is 5.02 Å². The minimum Gasteiger partial charge on any atom is -0.480 e. The van der Waals surface area contributed by atoms with E-state index in [1.807, 2.05) is 23.1 Å². The highest BCUT2D eigenvalue weighted by Crippen LogP contribution is 2.26. The molecule has 0 saturated carbocycles. The predicted molar refractivity (Wildman–Crippen MR) is 74.8 cm³/mol. The smallest absolute Gasteiger partial charge is 0.320 e. The van der Waals surface area contributed by atoms with Gasteiger partial charge in [0, 0.05) is 16.0 Å². The third kappa shape index (κ3) is 3.25. The number of nitrogens with zero attached hydrogens (tertiary/aromatic N) is 1. The third-order valence-corrected chi connectivity index (χ3v) is 4.29. The van der Waals surface area contributed by atoms with Crippen molar-refractivity contribution in [2.75, 3.05) is 6.54 Å². The van der Waals surface area contributed by atoms with Crippen LogP contribution in [0.5, 0.6) is 0 Å². The van der Waals surface area contributed by atoms with Crippen LogP contribution in [0.25, 0.3) is 0 Å². The second kappa shape index (κ2) is 6.04. The van der Waals surface area contributed by atoms with Crippen LogP contribution in [-0.4, -0.2) is 28.6 Å². The van der Waals surface area contributed by atoms with Gasteiger partial charge in [0.15, 0.2) is 0 Å². The molecule has 0 aliphatic carbocycles. The Morgan fingerprint density at radius 1 is 1.50 bits per heavy atom. The van der Waals surface area contributed by atoms with Gasteiger partial charge in [-0.1, -0.05) is 34.0 Å². The van der Waals surface area contributed by atoms with Crippen LogP contribution in [0, 0.1) is 0 Å². The maximum atomic E-state index is 11.2. The highest BCUT2D eigenvalue weighted by atomic mass is 79.9. The van der Waals surface area contributed by atoms with Gasteiger partial charge in [-0.05, 0) is 43.1 Å². The molecule has 0 spiro atoms. The fourth-order valence-corrected chi connectivity index (χ4v) is 2.91. The lowest BCUT2D eigenvalue weighted by molar-refractivity contribution is -0.144. The molecule has 1 atom stereocenters. The Balaban J connectivity index is 2.15. The summed E-state index contributed by atoms with van der Waals surface area (Å²) < 4.78 is 0.974. The molecule has 2 rings (SSSR count). The first-order valence-corrected chi connectivity index (χ1v) is 7.16. The molecule has 1 unspecified atom stereocenters. The number of rotatable bonds is 3. The van der Waals surface area contributed by atoms with Crippen LogP contribution >= 0.6 is 27.5 Å². The van der Waals surface area contributed by atoms with Gasteiger partial charge in [-0.3, -0.25) is 9.69 Å². The summed E-state index contributed by atoms with van der Waals surface area (Å²) in [6, 6.07) is 5.24. The summed E-state index contributed by atoms with van der Waals surface area (Å²) in [5, 5.41) is 9.91. The summed E-state index contributed by atoms with van der Waals surface area (Å²) in [6.07, 6.45) is 2.78. The summed E-state index contributed by atoms with van der Waals surface area (Å²) in [5.74, 6) is -0.729. The topological polar surface area (TPSA) is 40.5 Å². The molecule has 1 N–H and O–H groups in total. The molecule has 1 aliphatic rings. The van der Waals surface area contributed by atoms with E-state index < -0.39 is 5.97 Å². The van der Waals surface area contributed by atoms with E-state index in [1.54, 1.807) is 0 Å². The molecule has 1 aromatic rings. The lowest BCUT2D eigenvalue weighted by atomic mass is 10.0. The summed E-state index contributed by atoms with van der Waals surface area (Å²) in [7, 11) is 0. The van der Waals surface area contributed by atoms with Crippen LogP contribution in [0.1, 0.15) is 24.8 Å². The van der Waals surface area contributed by atoms with E-state index in [0.717, 1.165) is 35.8 Å². The Morgan fingerprint density at radius 2 is 2.28 bits per heavy atom. The number of hydrogen-bond donors (Lipinski definition) is 1. The highest BCUT2D eigenvalue weighted by Gasteiger charge is 2.28. The number of halogens is 2. The lowest BCUT2D eigenvalue weighted by Gasteiger charge is -2.33. The van der Waals surface area contributed by atoms with Crippen molar-refractivity contribution in [3.05, 3.63) is 33.3 Å². The second-order valence-electron chi connectivity index (χ2n) is 4.56. The largest absolute Gasteiger partial charge is 0.480 e. The minimum atomic E-state index is -0.729. The van der Waals surface area contributed by atoms with Gasteiger partial charge in [-0.2, -0.15) is 0 Å². The van der Waals surface area contributed by atoms with Crippen molar-refractivity contribution in [2.24, 2.45) is 0 Å². The molecule has 0 bridgehead atoms. The van der Waals surface area contributed by atoms with Gasteiger partial charge in [0.2, 0.25) is 0 Å². The van der Waals surface area contributed by atoms with Crippen molar-refractivity contribution in [2.45, 2.75) is 31.8 Å². The lowest BCUT2D eigenvalue weighted by Crippen LogP contribution is -2.44. The molecule has 0 radical (unpaired) electrons. The Hall–Kier alpha value is -0.580. The Kier molecular flexibility index (Phi) is 4.65. The molecule has 0 aromatic heterocycles. The SMILES string of the molecule is O=C(O)C1CCCCN1Cc1cc(Cl)ccc1Br. The standard InChI is InChI=1S/C13H15BrClNO2/c14-11-5-4-10(15)7-9(11)8-16-6-2-1-3-12(16)13(17)18/h4-5,7,12H,1-3,6,8H2,(H,17,18). The fourth-order valence-electron chi connectivity index (χ4n) is 2.34. The molecule has 1 heterocycles. The molecule has 1 aliphatic heterocycles. The van der Waals surface area contributed by atoms with Crippen LogP contribution in [-0.2, 0) is 11.3 Å².